The highest BCUT2D eigenvalue weighted by Crippen LogP contribution is 2.37. The van der Waals surface area contributed by atoms with Crippen molar-refractivity contribution >= 4 is 29.3 Å². The lowest BCUT2D eigenvalue weighted by Gasteiger charge is -2.29. The molecule has 7 heteroatoms. The molecule has 1 aliphatic heterocycles. The first kappa shape index (κ1) is 22.1. The average Bonchev–Trinajstić information content (AvgIpc) is 3.16. The molecule has 0 spiro atoms. The first-order valence-corrected chi connectivity index (χ1v) is 11.9. The predicted molar refractivity (Wildman–Crippen MR) is 131 cm³/mol. The van der Waals surface area contributed by atoms with Gasteiger partial charge >= 0.3 is 0 Å². The molecule has 1 amide bonds. The van der Waals surface area contributed by atoms with Gasteiger partial charge in [-0.2, -0.15) is 4.98 Å². The highest BCUT2D eigenvalue weighted by atomic mass is 32.2. The maximum absolute atomic E-state index is 13.6. The van der Waals surface area contributed by atoms with Crippen molar-refractivity contribution in [2.45, 2.75) is 51.7 Å². The Morgan fingerprint density at radius 3 is 2.53 bits per heavy atom. The third-order valence-electron chi connectivity index (χ3n) is 5.66. The number of amides is 1. The van der Waals surface area contributed by atoms with Crippen LogP contribution in [-0.2, 0) is 4.79 Å². The number of hydrogen-bond donors (Lipinski definition) is 2. The zero-order chi connectivity index (χ0) is 22.8. The third kappa shape index (κ3) is 4.30. The van der Waals surface area contributed by atoms with Gasteiger partial charge in [-0.05, 0) is 48.3 Å². The van der Waals surface area contributed by atoms with E-state index in [1.54, 1.807) is 11.8 Å². The first-order valence-electron chi connectivity index (χ1n) is 10.9. The van der Waals surface area contributed by atoms with Crippen LogP contribution >= 0.6 is 11.8 Å². The molecule has 166 valence electrons. The van der Waals surface area contributed by atoms with Crippen molar-refractivity contribution < 1.29 is 4.79 Å². The van der Waals surface area contributed by atoms with Gasteiger partial charge in [-0.25, -0.2) is 4.68 Å². The molecule has 1 aliphatic rings. The number of aryl methyl sites for hydroxylation is 1. The molecular weight excluding hydrogens is 418 g/mol. The summed E-state index contributed by atoms with van der Waals surface area (Å²) in [7, 11) is 0. The molecule has 1 atom stereocenters. The molecule has 0 bridgehead atoms. The van der Waals surface area contributed by atoms with Crippen molar-refractivity contribution in [1.29, 1.82) is 0 Å². The number of fused-ring (bicyclic) bond motifs is 1. The number of benzene rings is 2. The monoisotopic (exact) mass is 447 g/mol. The molecule has 0 fully saturated rings. The Kier molecular flexibility index (Phi) is 6.37. The van der Waals surface area contributed by atoms with E-state index in [2.05, 4.69) is 60.7 Å². The van der Waals surface area contributed by atoms with E-state index >= 15 is 0 Å². The van der Waals surface area contributed by atoms with E-state index in [1.165, 1.54) is 5.56 Å². The molecule has 1 aromatic heterocycles. The largest absolute Gasteiger partial charge is 0.328 e. The number of hydrogen-bond acceptors (Lipinski definition) is 5. The molecule has 6 nitrogen and oxygen atoms in total. The summed E-state index contributed by atoms with van der Waals surface area (Å²) in [6.07, 6.45) is 0. The molecule has 0 saturated heterocycles. The van der Waals surface area contributed by atoms with Gasteiger partial charge in [-0.15, -0.1) is 5.10 Å². The summed E-state index contributed by atoms with van der Waals surface area (Å²) >= 11 is 1.59. The van der Waals surface area contributed by atoms with Gasteiger partial charge in [-0.3, -0.25) is 4.79 Å². The van der Waals surface area contributed by atoms with Gasteiger partial charge in [-0.1, -0.05) is 75.0 Å². The van der Waals surface area contributed by atoms with Gasteiger partial charge in [0.2, 0.25) is 11.1 Å². The number of aromatic nitrogens is 3. The zero-order valence-corrected chi connectivity index (χ0v) is 20.0. The predicted octanol–water partition coefficient (Wildman–Crippen LogP) is 5.75. The van der Waals surface area contributed by atoms with Crippen molar-refractivity contribution in [3.05, 3.63) is 76.5 Å². The zero-order valence-electron chi connectivity index (χ0n) is 19.1. The van der Waals surface area contributed by atoms with Gasteiger partial charge in [0.25, 0.3) is 5.91 Å². The van der Waals surface area contributed by atoms with E-state index in [9.17, 15) is 4.79 Å². The maximum atomic E-state index is 13.6. The fourth-order valence-corrected chi connectivity index (χ4v) is 4.44. The molecule has 3 aromatic rings. The van der Waals surface area contributed by atoms with Gasteiger partial charge in [0.1, 0.15) is 6.04 Å². The number of nitrogens with zero attached hydrogens (tertiary/aromatic N) is 3. The number of carbonyl (C=O) groups is 1. The summed E-state index contributed by atoms with van der Waals surface area (Å²) in [5.74, 6) is 1.83. The topological polar surface area (TPSA) is 71.8 Å². The lowest BCUT2D eigenvalue weighted by Crippen LogP contribution is -2.31. The highest BCUT2D eigenvalue weighted by molar-refractivity contribution is 7.99. The van der Waals surface area contributed by atoms with E-state index in [0.29, 0.717) is 22.6 Å². The van der Waals surface area contributed by atoms with E-state index in [1.807, 2.05) is 42.8 Å². The first-order chi connectivity index (χ1) is 15.4. The van der Waals surface area contributed by atoms with Crippen LogP contribution in [0.15, 0.2) is 65.0 Å². The number of allylic oxidation sites excluding steroid dienone is 1. The van der Waals surface area contributed by atoms with Crippen molar-refractivity contribution in [2.75, 3.05) is 16.4 Å². The van der Waals surface area contributed by atoms with E-state index in [0.717, 1.165) is 28.3 Å². The molecule has 0 saturated carbocycles. The van der Waals surface area contributed by atoms with E-state index in [-0.39, 0.29) is 11.9 Å². The Balaban J connectivity index is 1.78. The minimum absolute atomic E-state index is 0.145. The highest BCUT2D eigenvalue weighted by Gasteiger charge is 2.34. The van der Waals surface area contributed by atoms with Crippen molar-refractivity contribution in [1.82, 2.24) is 14.8 Å². The Morgan fingerprint density at radius 1 is 1.16 bits per heavy atom. The Bertz CT molecular complexity index is 1160. The normalized spacial score (nSPS) is 15.5. The van der Waals surface area contributed by atoms with Crippen LogP contribution in [-0.4, -0.2) is 26.4 Å². The minimum Gasteiger partial charge on any atom is -0.328 e. The molecular formula is C25H29N5OS. The summed E-state index contributed by atoms with van der Waals surface area (Å²) in [6.45, 7) is 10.3. The van der Waals surface area contributed by atoms with Crippen LogP contribution in [0, 0.1) is 6.92 Å². The van der Waals surface area contributed by atoms with Gasteiger partial charge in [0.05, 0.1) is 5.57 Å². The molecule has 2 N–H and O–H groups in total. The summed E-state index contributed by atoms with van der Waals surface area (Å²) in [4.78, 5) is 18.2. The molecule has 2 heterocycles. The number of rotatable bonds is 6. The fraction of sp³-hybridized carbons (Fsp3) is 0.320. The van der Waals surface area contributed by atoms with Crippen molar-refractivity contribution in [3.8, 4) is 0 Å². The van der Waals surface area contributed by atoms with Gasteiger partial charge in [0, 0.05) is 11.4 Å². The van der Waals surface area contributed by atoms with Crippen LogP contribution in [0.1, 0.15) is 56.3 Å². The van der Waals surface area contributed by atoms with Gasteiger partial charge in [0.15, 0.2) is 0 Å². The fourth-order valence-electron chi connectivity index (χ4n) is 3.89. The van der Waals surface area contributed by atoms with Crippen LogP contribution in [0.3, 0.4) is 0 Å². The van der Waals surface area contributed by atoms with Gasteiger partial charge < -0.3 is 10.6 Å². The summed E-state index contributed by atoms with van der Waals surface area (Å²) in [6, 6.07) is 15.9. The molecule has 0 radical (unpaired) electrons. The van der Waals surface area contributed by atoms with Crippen LogP contribution in [0.4, 0.5) is 11.6 Å². The molecule has 0 aliphatic carbocycles. The second kappa shape index (κ2) is 9.20. The molecule has 4 rings (SSSR count). The number of anilines is 2. The van der Waals surface area contributed by atoms with Crippen LogP contribution < -0.4 is 10.6 Å². The second-order valence-electron chi connectivity index (χ2n) is 8.25. The number of nitrogens with one attached hydrogen (secondary N) is 2. The Labute approximate surface area is 193 Å². The Morgan fingerprint density at radius 2 is 1.88 bits per heavy atom. The quantitative estimate of drug-likeness (QED) is 0.471. The Hall–Kier alpha value is -3.06. The lowest BCUT2D eigenvalue weighted by atomic mass is 9.92. The molecule has 32 heavy (non-hydrogen) atoms. The van der Waals surface area contributed by atoms with Crippen LogP contribution in [0.2, 0.25) is 0 Å². The number of thioether (sulfide) groups is 1. The van der Waals surface area contributed by atoms with E-state index in [4.69, 9.17) is 5.10 Å². The SMILES string of the molecule is CCSc1nc2n(n1)C(c1ccc(C(C)C)cc1)C(C(=O)Nc1ccccc1C)=C(C)N2. The molecule has 1 unspecified atom stereocenters. The summed E-state index contributed by atoms with van der Waals surface area (Å²) in [5, 5.41) is 11.8. The number of carbonyl (C=O) groups excluding carboxylic acids is 1. The molecule has 2 aromatic carbocycles. The average molecular weight is 448 g/mol. The smallest absolute Gasteiger partial charge is 0.255 e. The van der Waals surface area contributed by atoms with Crippen LogP contribution in [0.25, 0.3) is 0 Å². The summed E-state index contributed by atoms with van der Waals surface area (Å²) < 4.78 is 1.84. The van der Waals surface area contributed by atoms with Crippen molar-refractivity contribution in [2.24, 2.45) is 0 Å². The number of para-hydroxylation sites is 1. The van der Waals surface area contributed by atoms with Crippen LogP contribution in [0.5, 0.6) is 0 Å². The second-order valence-corrected chi connectivity index (χ2v) is 9.48. The maximum Gasteiger partial charge on any atom is 0.255 e. The third-order valence-corrected chi connectivity index (χ3v) is 6.38. The van der Waals surface area contributed by atoms with E-state index < -0.39 is 0 Å². The lowest BCUT2D eigenvalue weighted by molar-refractivity contribution is -0.113. The minimum atomic E-state index is -0.366. The standard InChI is InChI=1S/C25H29N5OS/c1-6-32-25-28-24-26-17(5)21(23(31)27-20-10-8-7-9-16(20)4)22(30(24)29-25)19-13-11-18(12-14-19)15(2)3/h7-15,22H,6H2,1-5H3,(H,27,31)(H,26,28,29). The summed E-state index contributed by atoms with van der Waals surface area (Å²) in [5.41, 5.74) is 5.50. The van der Waals surface area contributed by atoms with Crippen molar-refractivity contribution in [3.63, 3.8) is 0 Å².